The summed E-state index contributed by atoms with van der Waals surface area (Å²) in [6, 6.07) is 10.3. The van der Waals surface area contributed by atoms with Crippen molar-refractivity contribution in [3.63, 3.8) is 0 Å². The first-order chi connectivity index (χ1) is 12.3. The third-order valence-electron chi connectivity index (χ3n) is 5.37. The fourth-order valence-electron chi connectivity index (χ4n) is 3.76. The molecule has 2 aliphatic rings. The van der Waals surface area contributed by atoms with Crippen molar-refractivity contribution in [2.45, 2.75) is 31.7 Å². The zero-order valence-corrected chi connectivity index (χ0v) is 14.0. The number of imidazole rings is 1. The van der Waals surface area contributed by atoms with Crippen molar-refractivity contribution in [2.24, 2.45) is 11.8 Å². The van der Waals surface area contributed by atoms with Gasteiger partial charge in [0, 0.05) is 12.1 Å². The molecule has 0 aliphatic heterocycles. The molecule has 3 aromatic heterocycles. The number of aromatic amines is 2. The molecule has 5 heteroatoms. The van der Waals surface area contributed by atoms with Gasteiger partial charge in [-0.3, -0.25) is 4.79 Å². The molecule has 2 fully saturated rings. The molecule has 3 heterocycles. The lowest BCUT2D eigenvalue weighted by molar-refractivity contribution is -0.499. The normalized spacial score (nSPS) is 17.2. The van der Waals surface area contributed by atoms with Crippen LogP contribution in [0.15, 0.2) is 48.9 Å². The van der Waals surface area contributed by atoms with Crippen LogP contribution in [0.4, 0.5) is 0 Å². The molecule has 0 atom stereocenters. The van der Waals surface area contributed by atoms with Crippen LogP contribution in [0.25, 0.3) is 16.9 Å². The second kappa shape index (κ2) is 5.69. The van der Waals surface area contributed by atoms with Gasteiger partial charge in [0.2, 0.25) is 5.69 Å². The molecule has 3 aromatic rings. The predicted molar refractivity (Wildman–Crippen MR) is 92.6 cm³/mol. The first-order valence-corrected chi connectivity index (χ1v) is 9.11. The Morgan fingerprint density at radius 2 is 1.96 bits per heavy atom. The van der Waals surface area contributed by atoms with Crippen LogP contribution < -0.4 is 14.7 Å². The molecular weight excluding hydrogens is 312 g/mol. The fourth-order valence-corrected chi connectivity index (χ4v) is 3.76. The number of fused-ring (bicyclic) bond motifs is 1. The van der Waals surface area contributed by atoms with Crippen molar-refractivity contribution < 1.29 is 14.2 Å². The fraction of sp³-hybridized carbons (Fsp3) is 0.350. The Morgan fingerprint density at radius 3 is 2.64 bits per heavy atom. The Hall–Kier alpha value is -2.69. The molecule has 126 valence electrons. The SMILES string of the molecule is O=C(NC(C1CC1)C1CC1)c1[nH]c(-c2ccc[nH+]c2)[n+]2ccccc12. The number of H-pyrrole nitrogens is 2. The minimum Gasteiger partial charge on any atom is -0.345 e. The van der Waals surface area contributed by atoms with Crippen LogP contribution in [0, 0.1) is 11.8 Å². The van der Waals surface area contributed by atoms with Crippen LogP contribution >= 0.6 is 0 Å². The second-order valence-corrected chi connectivity index (χ2v) is 7.27. The number of pyridine rings is 2. The zero-order chi connectivity index (χ0) is 16.8. The number of rotatable bonds is 5. The molecule has 1 amide bonds. The van der Waals surface area contributed by atoms with Crippen LogP contribution in [-0.4, -0.2) is 16.9 Å². The molecular formula is C20H22N4O+2. The molecule has 0 saturated heterocycles. The van der Waals surface area contributed by atoms with E-state index in [2.05, 4.69) is 15.3 Å². The summed E-state index contributed by atoms with van der Waals surface area (Å²) in [4.78, 5) is 19.5. The molecule has 0 spiro atoms. The molecule has 2 saturated carbocycles. The number of carbonyl (C=O) groups excluding carboxylic acids is 1. The number of carbonyl (C=O) groups is 1. The highest BCUT2D eigenvalue weighted by atomic mass is 16.2. The van der Waals surface area contributed by atoms with E-state index in [0.29, 0.717) is 23.6 Å². The van der Waals surface area contributed by atoms with Gasteiger partial charge in [-0.25, -0.2) is 9.97 Å². The van der Waals surface area contributed by atoms with Gasteiger partial charge in [-0.1, -0.05) is 6.07 Å². The van der Waals surface area contributed by atoms with Crippen LogP contribution in [0.1, 0.15) is 36.2 Å². The molecule has 0 bridgehead atoms. The van der Waals surface area contributed by atoms with Gasteiger partial charge in [-0.05, 0) is 55.7 Å². The summed E-state index contributed by atoms with van der Waals surface area (Å²) in [7, 11) is 0. The Bertz CT molecular complexity index is 913. The first-order valence-electron chi connectivity index (χ1n) is 9.11. The van der Waals surface area contributed by atoms with Gasteiger partial charge in [0.15, 0.2) is 17.9 Å². The number of nitrogens with one attached hydrogen (secondary N) is 3. The summed E-state index contributed by atoms with van der Waals surface area (Å²) >= 11 is 0. The Labute approximate surface area is 146 Å². The minimum absolute atomic E-state index is 0.0126. The van der Waals surface area contributed by atoms with E-state index in [4.69, 9.17) is 0 Å². The third-order valence-corrected chi connectivity index (χ3v) is 5.37. The maximum Gasteiger partial charge on any atom is 0.298 e. The van der Waals surface area contributed by atoms with Crippen LogP contribution in [-0.2, 0) is 0 Å². The monoisotopic (exact) mass is 334 g/mol. The molecule has 0 aromatic carbocycles. The van der Waals surface area contributed by atoms with Crippen molar-refractivity contribution in [1.82, 2.24) is 10.3 Å². The second-order valence-electron chi connectivity index (χ2n) is 7.27. The van der Waals surface area contributed by atoms with Gasteiger partial charge >= 0.3 is 0 Å². The average molecular weight is 334 g/mol. The predicted octanol–water partition coefficient (Wildman–Crippen LogP) is 2.15. The molecule has 2 aliphatic carbocycles. The maximum absolute atomic E-state index is 13.0. The Kier molecular flexibility index (Phi) is 3.33. The quantitative estimate of drug-likeness (QED) is 0.690. The molecule has 3 N–H and O–H groups in total. The molecule has 25 heavy (non-hydrogen) atoms. The van der Waals surface area contributed by atoms with Gasteiger partial charge in [0.25, 0.3) is 11.7 Å². The Balaban J connectivity index is 1.53. The van der Waals surface area contributed by atoms with Crippen molar-refractivity contribution in [1.29, 1.82) is 0 Å². The lowest BCUT2D eigenvalue weighted by Gasteiger charge is -2.16. The van der Waals surface area contributed by atoms with Gasteiger partial charge in [-0.2, -0.15) is 4.40 Å². The van der Waals surface area contributed by atoms with E-state index in [1.165, 1.54) is 25.7 Å². The van der Waals surface area contributed by atoms with Crippen molar-refractivity contribution in [3.05, 3.63) is 54.6 Å². The minimum atomic E-state index is 0.0126. The van der Waals surface area contributed by atoms with Gasteiger partial charge in [0.05, 0.1) is 6.20 Å². The lowest BCUT2D eigenvalue weighted by Crippen LogP contribution is -2.38. The highest BCUT2D eigenvalue weighted by Crippen LogP contribution is 2.44. The number of hydrogen-bond donors (Lipinski definition) is 2. The van der Waals surface area contributed by atoms with E-state index in [-0.39, 0.29) is 5.91 Å². The molecule has 5 rings (SSSR count). The summed E-state index contributed by atoms with van der Waals surface area (Å²) < 4.78 is 2.04. The van der Waals surface area contributed by atoms with E-state index in [9.17, 15) is 4.79 Å². The average Bonchev–Trinajstić information content (AvgIpc) is 3.57. The van der Waals surface area contributed by atoms with Crippen LogP contribution in [0.3, 0.4) is 0 Å². The van der Waals surface area contributed by atoms with Gasteiger partial charge in [-0.15, -0.1) is 0 Å². The summed E-state index contributed by atoms with van der Waals surface area (Å²) in [5.74, 6) is 2.30. The zero-order valence-electron chi connectivity index (χ0n) is 14.0. The van der Waals surface area contributed by atoms with Crippen molar-refractivity contribution in [2.75, 3.05) is 0 Å². The maximum atomic E-state index is 13.0. The summed E-state index contributed by atoms with van der Waals surface area (Å²) in [5.41, 5.74) is 2.57. The van der Waals surface area contributed by atoms with Crippen molar-refractivity contribution >= 4 is 11.4 Å². The Morgan fingerprint density at radius 1 is 1.16 bits per heavy atom. The molecule has 5 nitrogen and oxygen atoms in total. The summed E-state index contributed by atoms with van der Waals surface area (Å²) in [6.45, 7) is 0. The first kappa shape index (κ1) is 14.6. The molecule has 0 unspecified atom stereocenters. The largest absolute Gasteiger partial charge is 0.345 e. The smallest absolute Gasteiger partial charge is 0.298 e. The van der Waals surface area contributed by atoms with E-state index >= 15 is 0 Å². The van der Waals surface area contributed by atoms with E-state index < -0.39 is 0 Å². The number of amides is 1. The van der Waals surface area contributed by atoms with Crippen LogP contribution in [0.2, 0.25) is 0 Å². The van der Waals surface area contributed by atoms with Gasteiger partial charge < -0.3 is 5.32 Å². The van der Waals surface area contributed by atoms with E-state index in [1.54, 1.807) is 0 Å². The highest BCUT2D eigenvalue weighted by molar-refractivity contribution is 5.98. The number of hydrogen-bond acceptors (Lipinski definition) is 1. The van der Waals surface area contributed by atoms with Crippen molar-refractivity contribution in [3.8, 4) is 11.4 Å². The standard InChI is InChI=1S/C20H20N4O/c25-20(23-17(13-6-7-13)14-8-9-14)18-16-5-1-2-11-24(16)19(22-18)15-4-3-10-21-12-15/h1-5,10-14,17H,6-9H2,(H,23,25)/p+2. The third kappa shape index (κ3) is 2.69. The summed E-state index contributed by atoms with van der Waals surface area (Å²) in [5, 5.41) is 3.32. The van der Waals surface area contributed by atoms with E-state index in [0.717, 1.165) is 16.9 Å². The topological polar surface area (TPSA) is 63.1 Å². The van der Waals surface area contributed by atoms with E-state index in [1.807, 2.05) is 53.3 Å². The molecule has 0 radical (unpaired) electrons. The number of nitrogens with zero attached hydrogens (tertiary/aromatic N) is 1. The lowest BCUT2D eigenvalue weighted by atomic mass is 10.1. The van der Waals surface area contributed by atoms with Crippen LogP contribution in [0.5, 0.6) is 0 Å². The summed E-state index contributed by atoms with van der Waals surface area (Å²) in [6.07, 6.45) is 10.8. The van der Waals surface area contributed by atoms with Gasteiger partial charge in [0.1, 0.15) is 5.56 Å². The highest BCUT2D eigenvalue weighted by Gasteiger charge is 2.43. The number of aromatic nitrogens is 3.